The van der Waals surface area contributed by atoms with Gasteiger partial charge in [-0.1, -0.05) is 53.7 Å². The molecule has 3 aliphatic rings. The van der Waals surface area contributed by atoms with Crippen LogP contribution in [0.2, 0.25) is 18.1 Å². The van der Waals surface area contributed by atoms with Crippen LogP contribution in [-0.4, -0.2) is 50.9 Å². The van der Waals surface area contributed by atoms with Crippen molar-refractivity contribution in [3.8, 4) is 0 Å². The number of methoxy groups -OCH3 is 1. The molecule has 0 aliphatic heterocycles. The van der Waals surface area contributed by atoms with Crippen LogP contribution < -0.4 is 0 Å². The van der Waals surface area contributed by atoms with Gasteiger partial charge >= 0.3 is 5.97 Å². The van der Waals surface area contributed by atoms with Gasteiger partial charge < -0.3 is 19.0 Å². The van der Waals surface area contributed by atoms with Crippen molar-refractivity contribution >= 4 is 14.3 Å². The summed E-state index contributed by atoms with van der Waals surface area (Å²) in [6, 6.07) is 3.14. The fraction of sp³-hybridized carbons (Fsp3) is 0.759. The molecule has 0 unspecified atom stereocenters. The molecule has 0 spiro atoms. The minimum atomic E-state index is -2.02. The molecule has 0 aromatic carbocycles. The van der Waals surface area contributed by atoms with Crippen molar-refractivity contribution < 1.29 is 23.8 Å². The lowest BCUT2D eigenvalue weighted by molar-refractivity contribution is -0.138. The zero-order chi connectivity index (χ0) is 26.0. The summed E-state index contributed by atoms with van der Waals surface area (Å²) in [4.78, 5) is 13.3. The van der Waals surface area contributed by atoms with E-state index < -0.39 is 20.0 Å². The van der Waals surface area contributed by atoms with Crippen molar-refractivity contribution in [2.45, 2.75) is 110 Å². The van der Waals surface area contributed by atoms with Crippen molar-refractivity contribution in [3.05, 3.63) is 35.5 Å². The zero-order valence-electron chi connectivity index (χ0n) is 23.1. The molecule has 1 saturated carbocycles. The zero-order valence-corrected chi connectivity index (χ0v) is 24.1. The smallest absolute Gasteiger partial charge is 0.336 e. The average Bonchev–Trinajstić information content (AvgIpc) is 3.02. The van der Waals surface area contributed by atoms with Crippen LogP contribution in [-0.2, 0) is 18.7 Å². The third kappa shape index (κ3) is 5.01. The first-order chi connectivity index (χ1) is 16.6. The van der Waals surface area contributed by atoms with Gasteiger partial charge in [-0.25, -0.2) is 4.79 Å². The second-order valence-corrected chi connectivity index (χ2v) is 16.1. The van der Waals surface area contributed by atoms with Gasteiger partial charge in [-0.05, 0) is 78.6 Å². The highest BCUT2D eigenvalue weighted by Gasteiger charge is 2.56. The molecule has 3 rings (SSSR count). The van der Waals surface area contributed by atoms with Crippen molar-refractivity contribution in [3.63, 3.8) is 0 Å². The maximum absolute atomic E-state index is 13.3. The summed E-state index contributed by atoms with van der Waals surface area (Å²) < 4.78 is 18.8. The Bertz CT molecular complexity index is 849. The number of carbonyl (C=O) groups excluding carboxylic acids is 1. The highest BCUT2D eigenvalue weighted by atomic mass is 28.4. The molecule has 0 bridgehead atoms. The minimum absolute atomic E-state index is 0.123. The molecule has 3 aliphatic carbocycles. The molecule has 5 nitrogen and oxygen atoms in total. The van der Waals surface area contributed by atoms with Gasteiger partial charge in [-0.15, -0.1) is 6.58 Å². The summed E-state index contributed by atoms with van der Waals surface area (Å²) in [5.74, 6) is 0.499. The van der Waals surface area contributed by atoms with Crippen LogP contribution in [0.4, 0.5) is 0 Å². The molecule has 0 heterocycles. The molecule has 5 atom stereocenters. The van der Waals surface area contributed by atoms with Crippen molar-refractivity contribution in [2.24, 2.45) is 17.3 Å². The Balaban J connectivity index is 2.29. The van der Waals surface area contributed by atoms with E-state index in [2.05, 4.69) is 54.2 Å². The molecule has 6 heteroatoms. The Labute approximate surface area is 214 Å². The fourth-order valence-electron chi connectivity index (χ4n) is 7.21. The van der Waals surface area contributed by atoms with E-state index in [0.29, 0.717) is 30.4 Å². The van der Waals surface area contributed by atoms with E-state index in [1.54, 1.807) is 6.08 Å². The van der Waals surface area contributed by atoms with Crippen molar-refractivity contribution in [1.82, 2.24) is 0 Å². The fourth-order valence-corrected chi connectivity index (χ4v) is 10.3. The van der Waals surface area contributed by atoms with Gasteiger partial charge in [0.2, 0.25) is 0 Å². The van der Waals surface area contributed by atoms with E-state index in [4.69, 9.17) is 13.9 Å². The molecule has 1 fully saturated rings. The molecule has 35 heavy (non-hydrogen) atoms. The number of rotatable bonds is 10. The van der Waals surface area contributed by atoms with E-state index in [1.165, 1.54) is 7.11 Å². The van der Waals surface area contributed by atoms with Gasteiger partial charge in [0.1, 0.15) is 0 Å². The lowest BCUT2D eigenvalue weighted by Crippen LogP contribution is -2.51. The Morgan fingerprint density at radius 3 is 2.43 bits per heavy atom. The summed E-state index contributed by atoms with van der Waals surface area (Å²) >= 11 is 0. The second-order valence-electron chi connectivity index (χ2n) is 11.4. The van der Waals surface area contributed by atoms with E-state index in [0.717, 1.165) is 55.0 Å². The normalized spacial score (nSPS) is 33.2. The third-order valence-electron chi connectivity index (χ3n) is 9.55. The van der Waals surface area contributed by atoms with Crippen LogP contribution in [0.15, 0.2) is 35.5 Å². The summed E-state index contributed by atoms with van der Waals surface area (Å²) in [5, 5.41) is 11.3. The summed E-state index contributed by atoms with van der Waals surface area (Å²) in [5.41, 5.74) is 1.86. The Hall–Kier alpha value is -1.21. The molecule has 198 valence electrons. The lowest BCUT2D eigenvalue weighted by atomic mass is 9.68. The van der Waals surface area contributed by atoms with Crippen LogP contribution in [0.1, 0.15) is 73.6 Å². The average molecular weight is 505 g/mol. The molecule has 0 radical (unpaired) electrons. The van der Waals surface area contributed by atoms with E-state index >= 15 is 0 Å². The molecule has 1 N–H and O–H groups in total. The van der Waals surface area contributed by atoms with Crippen LogP contribution in [0.25, 0.3) is 0 Å². The molecule has 0 amide bonds. The summed E-state index contributed by atoms with van der Waals surface area (Å²) in [6.45, 7) is 17.8. The van der Waals surface area contributed by atoms with E-state index in [1.807, 2.05) is 0 Å². The van der Waals surface area contributed by atoms with Crippen molar-refractivity contribution in [2.75, 3.05) is 13.7 Å². The van der Waals surface area contributed by atoms with Gasteiger partial charge in [0, 0.05) is 0 Å². The van der Waals surface area contributed by atoms with E-state index in [-0.39, 0.29) is 17.5 Å². The topological polar surface area (TPSA) is 65.0 Å². The first-order valence-corrected chi connectivity index (χ1v) is 16.3. The first-order valence-electron chi connectivity index (χ1n) is 13.7. The van der Waals surface area contributed by atoms with Crippen LogP contribution in [0, 0.1) is 17.3 Å². The number of aliphatic hydroxyl groups excluding tert-OH is 1. The number of aliphatic hydroxyl groups is 1. The van der Waals surface area contributed by atoms with Crippen molar-refractivity contribution in [1.29, 1.82) is 0 Å². The molecule has 0 aromatic heterocycles. The summed E-state index contributed by atoms with van der Waals surface area (Å²) in [6.07, 6.45) is 7.06. The number of carbonyl (C=O) groups is 1. The Morgan fingerprint density at radius 1 is 1.23 bits per heavy atom. The van der Waals surface area contributed by atoms with Gasteiger partial charge in [0.15, 0.2) is 8.32 Å². The van der Waals surface area contributed by atoms with Gasteiger partial charge in [-0.3, -0.25) is 0 Å². The summed E-state index contributed by atoms with van der Waals surface area (Å²) in [7, 11) is -0.580. The lowest BCUT2D eigenvalue weighted by Gasteiger charge is -2.48. The Morgan fingerprint density at radius 2 is 1.89 bits per heavy atom. The SMILES string of the molecule is C=CCO[C@@H]1CC[C@]2(O[Si](CC)(CC)CC)CC[C@@]3(C)C(=CC2=C1C(=O)OC)[C@@H](O)C[C@@H]3C(C)C. The highest BCUT2D eigenvalue weighted by molar-refractivity contribution is 6.73. The van der Waals surface area contributed by atoms with Crippen LogP contribution >= 0.6 is 0 Å². The second kappa shape index (κ2) is 11.0. The highest BCUT2D eigenvalue weighted by Crippen LogP contribution is 2.59. The molecular formula is C29H48O5Si. The van der Waals surface area contributed by atoms with Crippen LogP contribution in [0.3, 0.4) is 0 Å². The monoisotopic (exact) mass is 504 g/mol. The molecule has 0 saturated heterocycles. The minimum Gasteiger partial charge on any atom is -0.466 e. The number of fused-ring (bicyclic) bond motifs is 2. The Kier molecular flexibility index (Phi) is 8.94. The number of hydrogen-bond donors (Lipinski definition) is 1. The van der Waals surface area contributed by atoms with Gasteiger partial charge in [0.25, 0.3) is 0 Å². The predicted octanol–water partition coefficient (Wildman–Crippen LogP) is 6.34. The van der Waals surface area contributed by atoms with Crippen LogP contribution in [0.5, 0.6) is 0 Å². The first kappa shape index (κ1) is 28.4. The maximum atomic E-state index is 13.3. The third-order valence-corrected chi connectivity index (χ3v) is 14.2. The van der Waals surface area contributed by atoms with Gasteiger partial charge in [0.05, 0.1) is 37.1 Å². The quantitative estimate of drug-likeness (QED) is 0.213. The molecular weight excluding hydrogens is 456 g/mol. The molecule has 0 aromatic rings. The largest absolute Gasteiger partial charge is 0.466 e. The predicted molar refractivity (Wildman–Crippen MR) is 144 cm³/mol. The number of ether oxygens (including phenoxy) is 2. The van der Waals surface area contributed by atoms with Gasteiger partial charge in [-0.2, -0.15) is 0 Å². The van der Waals surface area contributed by atoms with E-state index in [9.17, 15) is 9.90 Å². The maximum Gasteiger partial charge on any atom is 0.336 e. The number of esters is 1. The standard InChI is InChI=1S/C29H48O5Si/c1-9-17-33-25-13-14-29(34-35(10-2,11-3)12-4)16-15-28(7)21(20(5)6)19-24(30)22(28)18-23(29)26(25)27(31)32-8/h9,18,20-21,24-25,30H,1,10-17,19H2,2-8H3/t21-,24+,25-,28-,29+/m1/s1. The number of hydrogen-bond acceptors (Lipinski definition) is 5.